The molecule has 0 radical (unpaired) electrons. The highest BCUT2D eigenvalue weighted by Gasteiger charge is 2.55. The fourth-order valence-electron chi connectivity index (χ4n) is 15.0. The van der Waals surface area contributed by atoms with E-state index < -0.39 is 118 Å². The molecule has 1 amide bonds. The number of aliphatic carboxylic acids is 6. The smallest absolute Gasteiger partial charge is 0.451 e. The number of carboxylic acids is 6. The molecule has 682 valence electrons. The normalized spacial score (nSPS) is 26.3. The summed E-state index contributed by atoms with van der Waals surface area (Å²) in [6.07, 6.45) is 7.02. The second kappa shape index (κ2) is 50.4. The Balaban J connectivity index is 0.000000721. The highest BCUT2D eigenvalue weighted by atomic mass is 16.4. The van der Waals surface area contributed by atoms with Crippen LogP contribution in [0, 0.1) is 51.7 Å². The average molecular weight is 1720 g/mol. The van der Waals surface area contributed by atoms with Crippen LogP contribution in [0.5, 0.6) is 0 Å². The van der Waals surface area contributed by atoms with E-state index in [1.807, 2.05) is 18.7 Å². The van der Waals surface area contributed by atoms with Gasteiger partial charge in [0, 0.05) is 162 Å². The third kappa shape index (κ3) is 33.2. The molecule has 0 aromatic rings. The Morgan fingerprint density at radius 1 is 0.417 bits per heavy atom. The Labute approximate surface area is 700 Å². The topological polar surface area (TPSA) is 873 Å². The van der Waals surface area contributed by atoms with Crippen LogP contribution in [0.4, 0.5) is 0 Å². The summed E-state index contributed by atoms with van der Waals surface area (Å²) in [5.74, 6) is -7.85. The minimum Gasteiger partial charge on any atom is -0.480 e. The van der Waals surface area contributed by atoms with E-state index in [9.17, 15) is 64.2 Å². The van der Waals surface area contributed by atoms with Crippen molar-refractivity contribution in [2.45, 2.75) is 181 Å². The average Bonchev–Trinajstić information content (AvgIpc) is 1.61. The van der Waals surface area contributed by atoms with Crippen LogP contribution < -0.4 is 62.2 Å². The van der Waals surface area contributed by atoms with Crippen molar-refractivity contribution in [1.29, 1.82) is 16.2 Å². The highest BCUT2D eigenvalue weighted by molar-refractivity contribution is 6.42. The van der Waals surface area contributed by atoms with Gasteiger partial charge in [-0.05, 0) is 90.3 Å². The quantitative estimate of drug-likeness (QED) is 0.0169. The summed E-state index contributed by atoms with van der Waals surface area (Å²) in [4.78, 5) is 103. The van der Waals surface area contributed by atoms with Crippen LogP contribution in [0.2, 0.25) is 37.9 Å². The van der Waals surface area contributed by atoms with Crippen LogP contribution in [0.1, 0.15) is 104 Å². The lowest BCUT2D eigenvalue weighted by atomic mass is 9.78. The molecule has 0 aliphatic carbocycles. The van der Waals surface area contributed by atoms with Gasteiger partial charge in [0.1, 0.15) is 33.2 Å². The first-order valence-electron chi connectivity index (χ1n) is 39.5. The summed E-state index contributed by atoms with van der Waals surface area (Å²) in [6, 6.07) is 0.0191. The highest BCUT2D eigenvalue weighted by Crippen LogP contribution is 2.36. The van der Waals surface area contributed by atoms with Gasteiger partial charge in [0.05, 0.1) is 0 Å². The maximum absolute atomic E-state index is 11.5. The fraction of sp³-hybridized carbons (Fsp3) is 0.800. The van der Waals surface area contributed by atoms with Crippen LogP contribution in [0.25, 0.3) is 0 Å². The molecule has 12 atom stereocenters. The summed E-state index contributed by atoms with van der Waals surface area (Å²) in [5, 5.41) is 190. The third-order valence-corrected chi connectivity index (χ3v) is 22.2. The fourth-order valence-corrected chi connectivity index (χ4v) is 15.0. The molecule has 6 aliphatic heterocycles. The summed E-state index contributed by atoms with van der Waals surface area (Å²) in [5.41, 5.74) is 44.4. The first-order chi connectivity index (χ1) is 55.5. The number of carbonyl (C=O) groups excluding carboxylic acids is 1. The second-order valence-electron chi connectivity index (χ2n) is 31.8. The molecule has 6 saturated heterocycles. The van der Waals surface area contributed by atoms with Crippen molar-refractivity contribution < 1.29 is 124 Å². The van der Waals surface area contributed by atoms with E-state index in [4.69, 9.17) is 128 Å². The van der Waals surface area contributed by atoms with Crippen molar-refractivity contribution in [3.8, 4) is 0 Å². The van der Waals surface area contributed by atoms with Crippen LogP contribution in [-0.4, -0.2) is 398 Å². The maximum atomic E-state index is 11.5. The number of aliphatic imine (C=N–C) groups is 3. The van der Waals surface area contributed by atoms with Crippen molar-refractivity contribution in [3.63, 3.8) is 0 Å². The molecule has 120 heavy (non-hydrogen) atoms. The Morgan fingerprint density at radius 3 is 0.900 bits per heavy atom. The van der Waals surface area contributed by atoms with Crippen LogP contribution in [-0.2, 0) is 33.6 Å². The Kier molecular flexibility index (Phi) is 46.1. The summed E-state index contributed by atoms with van der Waals surface area (Å²) in [6.45, 7) is 8.07. The molecule has 6 aliphatic rings. The predicted molar refractivity (Wildman–Crippen MR) is 449 cm³/mol. The monoisotopic (exact) mass is 1720 g/mol. The molecule has 0 aromatic heterocycles. The minimum absolute atomic E-state index is 0.00398. The summed E-state index contributed by atoms with van der Waals surface area (Å²) < 4.78 is 0. The second-order valence-corrected chi connectivity index (χ2v) is 31.8. The zero-order valence-electron chi connectivity index (χ0n) is 70.0. The number of hydrogen-bond acceptors (Lipinski definition) is 31. The number of hydrogen-bond donors (Lipinski definition) is 32. The van der Waals surface area contributed by atoms with E-state index in [1.54, 1.807) is 54.7 Å². The largest absolute Gasteiger partial charge is 0.480 e. The lowest BCUT2D eigenvalue weighted by molar-refractivity contribution is -0.145. The van der Waals surface area contributed by atoms with Gasteiger partial charge in [-0.2, -0.15) is 0 Å². The molecule has 0 spiro atoms. The van der Waals surface area contributed by atoms with Crippen molar-refractivity contribution in [1.82, 2.24) is 44.9 Å². The molecule has 41 N–H and O–H groups in total. The molecule has 12 unspecified atom stereocenters. The maximum Gasteiger partial charge on any atom is 0.451 e. The molecule has 0 saturated carbocycles. The van der Waals surface area contributed by atoms with Gasteiger partial charge in [0.2, 0.25) is 5.91 Å². The van der Waals surface area contributed by atoms with E-state index in [-0.39, 0.29) is 156 Å². The van der Waals surface area contributed by atoms with Crippen molar-refractivity contribution in [3.05, 3.63) is 0 Å². The molecule has 0 aromatic carbocycles. The number of nitrogens with two attached hydrogens (primary N) is 9. The van der Waals surface area contributed by atoms with Crippen LogP contribution >= 0.6 is 0 Å². The van der Waals surface area contributed by atoms with E-state index in [2.05, 4.69) is 25.6 Å². The molecule has 6 rings (SSSR count). The SMILES string of the molecule is CC(C)N=C(N)N1CC(CCCB(O)O)C(N)(C(=O)O)C1.CCC(=O)NC(=N)N1CC(CCCB(O)O)C(N)(C(=O)O)C1.CN(C)C(=N)N1CC(CCCB(O)O)C(N)(C(=O)O)C1.CN=C(N)N1CC(CCCB(O)O)C(N)(C(=O)O)C1.CN=C(NC)N1CC(CCCB(O)O)C(N)(C(=O)O)C1.N=C(N)N1CC(CCCB(O)O)C(N)(C(=O)O)C1. The zero-order chi connectivity index (χ0) is 92.5. The Hall–Kier alpha value is -8.22. The number of carboxylic acid groups (broad SMARTS) is 6. The van der Waals surface area contributed by atoms with E-state index in [0.29, 0.717) is 122 Å². The van der Waals surface area contributed by atoms with E-state index in [0.717, 1.165) is 0 Å². The van der Waals surface area contributed by atoms with E-state index in [1.165, 1.54) is 16.8 Å². The van der Waals surface area contributed by atoms with Crippen molar-refractivity contribution >= 4 is 120 Å². The third-order valence-electron chi connectivity index (χ3n) is 22.2. The number of carbonyl (C=O) groups is 7. The number of nitrogens with zero attached hydrogens (tertiary/aromatic N) is 10. The molecule has 6 fully saturated rings. The molecule has 0 bridgehead atoms. The standard InChI is InChI=1S/C12H23BN4O5.C12H25BN4O4.2C11H23BN4O4.C10H21BN4O4.C9H19BN4O4/c1-2-9(18)16-11(14)17-6-8(4-3-5-13(21)22)12(15,7-17)10(19)20;1-8(2)16-11(14)17-6-9(4-3-5-13(20)21)12(15,7-17)10(18)19;1-14-10(15-2)16-6-8(4-3-5-12(19)20)11(13,7-16)9(17)18;1-15(2)10(13)16-6-8(4-3-5-12(19)20)11(14,7-16)9(17)18;1-14-9(12)15-5-7(3-2-4-11(18)19)10(13,6-15)8(16)17;11-8(12)14-4-6(2-1-3-10(17)18)9(13,5-14)7(15)16/h8,21-22H,2-7,15H2,1H3,(H,19,20)(H2,14,16,18);8-9,20-21H,3-7,15H2,1-2H3,(H2,14,16)(H,18,19);8,19-20H,3-7,13H2,1-2H3,(H,14,15)(H,17,18);8,13,19-20H,3-7,14H2,1-2H3,(H,17,18);7,18-19H,2-6,13H2,1H3,(H2,12,14)(H,16,17);6,17-18H,1-5,13H2,(H3,11,12)(H,15,16). The van der Waals surface area contributed by atoms with Gasteiger partial charge in [0.15, 0.2) is 35.8 Å². The Bertz CT molecular complexity index is 3420. The molecular formula is C65H134B6N24O25. The predicted octanol–water partition coefficient (Wildman–Crippen LogP) is -10.6. The summed E-state index contributed by atoms with van der Waals surface area (Å²) >= 11 is 0. The molecule has 6 heterocycles. The first kappa shape index (κ1) is 110. The molecule has 49 nitrogen and oxygen atoms in total. The number of nitrogens with one attached hydrogen (secondary N) is 5. The Morgan fingerprint density at radius 2 is 0.658 bits per heavy atom. The molecular weight excluding hydrogens is 1580 g/mol. The lowest BCUT2D eigenvalue weighted by Crippen LogP contribution is -2.55. The van der Waals surface area contributed by atoms with Crippen LogP contribution in [0.15, 0.2) is 15.0 Å². The van der Waals surface area contributed by atoms with Crippen LogP contribution in [0.3, 0.4) is 0 Å². The molecule has 55 heteroatoms. The number of likely N-dealkylation sites (tertiary alicyclic amines) is 6. The summed E-state index contributed by atoms with van der Waals surface area (Å²) in [7, 11) is -0.0270. The first-order valence-corrected chi connectivity index (χ1v) is 39.5. The van der Waals surface area contributed by atoms with Gasteiger partial charge in [-0.3, -0.25) is 70.1 Å². The number of amides is 1. The van der Waals surface area contributed by atoms with Crippen molar-refractivity contribution in [2.75, 3.05) is 114 Å². The number of rotatable bonds is 32. The van der Waals surface area contributed by atoms with Gasteiger partial charge in [-0.15, -0.1) is 0 Å². The van der Waals surface area contributed by atoms with Gasteiger partial charge < -0.3 is 182 Å². The minimum atomic E-state index is -1.52. The van der Waals surface area contributed by atoms with Gasteiger partial charge >= 0.3 is 78.5 Å². The number of guanidine groups is 6. The van der Waals surface area contributed by atoms with Crippen molar-refractivity contribution in [2.24, 2.45) is 102 Å². The van der Waals surface area contributed by atoms with Gasteiger partial charge in [0.25, 0.3) is 0 Å². The van der Waals surface area contributed by atoms with Gasteiger partial charge in [-0.25, -0.2) is 0 Å². The van der Waals surface area contributed by atoms with Gasteiger partial charge in [-0.1, -0.05) is 45.4 Å². The van der Waals surface area contributed by atoms with E-state index >= 15 is 0 Å². The lowest BCUT2D eigenvalue weighted by Gasteiger charge is -2.26. The zero-order valence-corrected chi connectivity index (χ0v) is 70.0.